The van der Waals surface area contributed by atoms with E-state index < -0.39 is 0 Å². The molecule has 19 heavy (non-hydrogen) atoms. The molecule has 1 N–H and O–H groups in total. The molecule has 1 heterocycles. The number of halogens is 2. The summed E-state index contributed by atoms with van der Waals surface area (Å²) in [5.74, 6) is 0.109. The Morgan fingerprint density at radius 1 is 1.53 bits per heavy atom. The van der Waals surface area contributed by atoms with E-state index in [0.29, 0.717) is 10.6 Å². The van der Waals surface area contributed by atoms with Crippen LogP contribution in [-0.4, -0.2) is 18.9 Å². The first-order valence-corrected chi connectivity index (χ1v) is 7.01. The molecule has 1 aliphatic rings. The quantitative estimate of drug-likeness (QED) is 0.919. The van der Waals surface area contributed by atoms with E-state index in [4.69, 9.17) is 11.6 Å². The molecule has 1 saturated heterocycles. The van der Waals surface area contributed by atoms with Gasteiger partial charge in [0, 0.05) is 23.4 Å². The Bertz CT molecular complexity index is 481. The maximum atomic E-state index is 13.0. The Labute approximate surface area is 118 Å². The zero-order valence-corrected chi connectivity index (χ0v) is 12.1. The molecule has 1 aromatic carbocycles. The zero-order valence-electron chi connectivity index (χ0n) is 11.3. The fraction of sp³-hybridized carbons (Fsp3) is 0.533. The number of benzene rings is 1. The normalized spacial score (nSPS) is 23.0. The number of rotatable bonds is 4. The molecular formula is C15H19ClFNO. The van der Waals surface area contributed by atoms with Crippen molar-refractivity contribution >= 4 is 17.4 Å². The standard InChI is InChI=1S/C15H19ClFNO/c1-10(2)15(5-6-18-9-15)14(19)7-11-3-4-12(17)8-13(11)16/h3-4,8,10,18H,5-7,9H2,1-2H3. The summed E-state index contributed by atoms with van der Waals surface area (Å²) in [4.78, 5) is 12.6. The lowest BCUT2D eigenvalue weighted by Crippen LogP contribution is -2.39. The molecule has 2 nitrogen and oxygen atoms in total. The lowest BCUT2D eigenvalue weighted by atomic mass is 9.71. The second-order valence-electron chi connectivity index (χ2n) is 5.57. The van der Waals surface area contributed by atoms with Crippen LogP contribution in [0.1, 0.15) is 25.8 Å². The highest BCUT2D eigenvalue weighted by Crippen LogP contribution is 2.36. The molecule has 4 heteroatoms. The van der Waals surface area contributed by atoms with E-state index in [1.54, 1.807) is 6.07 Å². The number of hydrogen-bond donors (Lipinski definition) is 1. The van der Waals surface area contributed by atoms with E-state index in [2.05, 4.69) is 19.2 Å². The smallest absolute Gasteiger partial charge is 0.145 e. The van der Waals surface area contributed by atoms with Crippen molar-refractivity contribution in [3.8, 4) is 0 Å². The van der Waals surface area contributed by atoms with Gasteiger partial charge in [-0.1, -0.05) is 31.5 Å². The van der Waals surface area contributed by atoms with Crippen LogP contribution in [-0.2, 0) is 11.2 Å². The van der Waals surface area contributed by atoms with Gasteiger partial charge in [-0.15, -0.1) is 0 Å². The van der Waals surface area contributed by atoms with Crippen molar-refractivity contribution < 1.29 is 9.18 Å². The Hall–Kier alpha value is -0.930. The largest absolute Gasteiger partial charge is 0.316 e. The summed E-state index contributed by atoms with van der Waals surface area (Å²) in [5.41, 5.74) is 0.401. The minimum absolute atomic E-state index is 0.195. The molecule has 0 bridgehead atoms. The molecule has 1 aliphatic heterocycles. The summed E-state index contributed by atoms with van der Waals surface area (Å²) in [6.45, 7) is 5.76. The maximum Gasteiger partial charge on any atom is 0.145 e. The molecule has 0 aromatic heterocycles. The number of carbonyl (C=O) groups is 1. The number of carbonyl (C=O) groups excluding carboxylic acids is 1. The molecule has 1 fully saturated rings. The van der Waals surface area contributed by atoms with Crippen molar-refractivity contribution in [1.29, 1.82) is 0 Å². The molecule has 0 aliphatic carbocycles. The van der Waals surface area contributed by atoms with Crippen molar-refractivity contribution in [3.05, 3.63) is 34.6 Å². The van der Waals surface area contributed by atoms with Gasteiger partial charge in [-0.3, -0.25) is 4.79 Å². The molecular weight excluding hydrogens is 265 g/mol. The van der Waals surface area contributed by atoms with Crippen LogP contribution in [0.4, 0.5) is 4.39 Å². The van der Waals surface area contributed by atoms with Gasteiger partial charge >= 0.3 is 0 Å². The number of ketones is 1. The van der Waals surface area contributed by atoms with Gasteiger partial charge < -0.3 is 5.32 Å². The first-order valence-electron chi connectivity index (χ1n) is 6.63. The number of nitrogens with one attached hydrogen (secondary N) is 1. The summed E-state index contributed by atoms with van der Waals surface area (Å²) >= 11 is 6.00. The fourth-order valence-electron chi connectivity index (χ4n) is 2.78. The van der Waals surface area contributed by atoms with Crippen LogP contribution in [0.3, 0.4) is 0 Å². The first-order chi connectivity index (χ1) is 8.95. The molecule has 2 rings (SSSR count). The summed E-state index contributed by atoms with van der Waals surface area (Å²) in [7, 11) is 0. The van der Waals surface area contributed by atoms with E-state index in [9.17, 15) is 9.18 Å². The predicted molar refractivity (Wildman–Crippen MR) is 74.9 cm³/mol. The average Bonchev–Trinajstić information content (AvgIpc) is 2.83. The van der Waals surface area contributed by atoms with Crippen molar-refractivity contribution in [2.75, 3.05) is 13.1 Å². The molecule has 104 valence electrons. The second kappa shape index (κ2) is 5.59. The van der Waals surface area contributed by atoms with Crippen molar-refractivity contribution in [3.63, 3.8) is 0 Å². The van der Waals surface area contributed by atoms with Gasteiger partial charge in [0.1, 0.15) is 11.6 Å². The van der Waals surface area contributed by atoms with Gasteiger partial charge in [-0.2, -0.15) is 0 Å². The van der Waals surface area contributed by atoms with Gasteiger partial charge in [0.05, 0.1) is 0 Å². The van der Waals surface area contributed by atoms with E-state index in [0.717, 1.165) is 19.5 Å². The third-order valence-corrected chi connectivity index (χ3v) is 4.57. The molecule has 0 amide bonds. The predicted octanol–water partition coefficient (Wildman–Crippen LogP) is 3.23. The SMILES string of the molecule is CC(C)C1(C(=O)Cc2ccc(F)cc2Cl)CCNC1. The van der Waals surface area contributed by atoms with Crippen LogP contribution >= 0.6 is 11.6 Å². The van der Waals surface area contributed by atoms with Crippen LogP contribution in [0, 0.1) is 17.2 Å². The van der Waals surface area contributed by atoms with E-state index in [-0.39, 0.29) is 29.4 Å². The van der Waals surface area contributed by atoms with Gasteiger partial charge in [0.25, 0.3) is 0 Å². The van der Waals surface area contributed by atoms with Crippen LogP contribution in [0.25, 0.3) is 0 Å². The highest BCUT2D eigenvalue weighted by Gasteiger charge is 2.43. The Morgan fingerprint density at radius 3 is 2.79 bits per heavy atom. The summed E-state index contributed by atoms with van der Waals surface area (Å²) < 4.78 is 13.0. The molecule has 1 unspecified atom stereocenters. The van der Waals surface area contributed by atoms with Gasteiger partial charge in [0.2, 0.25) is 0 Å². The van der Waals surface area contributed by atoms with Crippen LogP contribution < -0.4 is 5.32 Å². The first kappa shape index (κ1) is 14.5. The Kier molecular flexibility index (Phi) is 4.26. The molecule has 1 aromatic rings. The average molecular weight is 284 g/mol. The molecule has 1 atom stereocenters. The Balaban J connectivity index is 2.20. The van der Waals surface area contributed by atoms with Crippen molar-refractivity contribution in [2.24, 2.45) is 11.3 Å². The lowest BCUT2D eigenvalue weighted by molar-refractivity contribution is -0.129. The van der Waals surface area contributed by atoms with Gasteiger partial charge in [-0.05, 0) is 36.6 Å². The lowest BCUT2D eigenvalue weighted by Gasteiger charge is -2.31. The highest BCUT2D eigenvalue weighted by atomic mass is 35.5. The molecule has 0 spiro atoms. The highest BCUT2D eigenvalue weighted by molar-refractivity contribution is 6.31. The van der Waals surface area contributed by atoms with E-state index >= 15 is 0 Å². The zero-order chi connectivity index (χ0) is 14.0. The van der Waals surface area contributed by atoms with E-state index in [1.807, 2.05) is 0 Å². The van der Waals surface area contributed by atoms with Crippen LogP contribution in [0.15, 0.2) is 18.2 Å². The van der Waals surface area contributed by atoms with E-state index in [1.165, 1.54) is 12.1 Å². The summed E-state index contributed by atoms with van der Waals surface area (Å²) in [6, 6.07) is 4.22. The minimum Gasteiger partial charge on any atom is -0.316 e. The monoisotopic (exact) mass is 283 g/mol. The minimum atomic E-state index is -0.373. The maximum absolute atomic E-state index is 13.0. The summed E-state index contributed by atoms with van der Waals surface area (Å²) in [6.07, 6.45) is 1.14. The topological polar surface area (TPSA) is 29.1 Å². The van der Waals surface area contributed by atoms with Crippen LogP contribution in [0.2, 0.25) is 5.02 Å². The Morgan fingerprint density at radius 2 is 2.26 bits per heavy atom. The third kappa shape index (κ3) is 2.82. The summed E-state index contributed by atoms with van der Waals surface area (Å²) in [5, 5.41) is 3.60. The van der Waals surface area contributed by atoms with Crippen molar-refractivity contribution in [1.82, 2.24) is 5.32 Å². The second-order valence-corrected chi connectivity index (χ2v) is 5.98. The van der Waals surface area contributed by atoms with Gasteiger partial charge in [0.15, 0.2) is 0 Å². The molecule has 0 radical (unpaired) electrons. The van der Waals surface area contributed by atoms with Crippen LogP contribution in [0.5, 0.6) is 0 Å². The number of hydrogen-bond acceptors (Lipinski definition) is 2. The fourth-order valence-corrected chi connectivity index (χ4v) is 3.01. The third-order valence-electron chi connectivity index (χ3n) is 4.21. The van der Waals surface area contributed by atoms with Crippen molar-refractivity contribution in [2.45, 2.75) is 26.7 Å². The number of Topliss-reactive ketones (excluding diaryl/α,β-unsaturated/α-hetero) is 1. The molecule has 0 saturated carbocycles. The van der Waals surface area contributed by atoms with Gasteiger partial charge in [-0.25, -0.2) is 4.39 Å².